The van der Waals surface area contributed by atoms with Crippen molar-refractivity contribution in [2.75, 3.05) is 31.1 Å². The van der Waals surface area contributed by atoms with E-state index >= 15 is 0 Å². The van der Waals surface area contributed by atoms with Crippen LogP contribution < -0.4 is 4.90 Å². The van der Waals surface area contributed by atoms with Gasteiger partial charge in [-0.2, -0.15) is 0 Å². The Labute approximate surface area is 192 Å². The van der Waals surface area contributed by atoms with Gasteiger partial charge in [-0.15, -0.1) is 0 Å². The van der Waals surface area contributed by atoms with Gasteiger partial charge in [-0.25, -0.2) is 14.4 Å². The fourth-order valence-electron chi connectivity index (χ4n) is 4.13. The Morgan fingerprint density at radius 3 is 2.56 bits per heavy atom. The first-order chi connectivity index (χ1) is 15.4. The number of nitrogens with zero attached hydrogens (tertiary/aromatic N) is 4. The van der Waals surface area contributed by atoms with Crippen LogP contribution in [0.1, 0.15) is 39.4 Å². The number of rotatable bonds is 4. The summed E-state index contributed by atoms with van der Waals surface area (Å²) in [4.78, 5) is 26.3. The van der Waals surface area contributed by atoms with Crippen LogP contribution in [0.3, 0.4) is 0 Å². The van der Waals surface area contributed by atoms with Crippen molar-refractivity contribution in [2.24, 2.45) is 0 Å². The van der Waals surface area contributed by atoms with Crippen molar-refractivity contribution in [1.29, 1.82) is 0 Å². The quantitative estimate of drug-likeness (QED) is 0.569. The highest BCUT2D eigenvalue weighted by Crippen LogP contribution is 2.26. The second-order valence-electron chi connectivity index (χ2n) is 8.10. The van der Waals surface area contributed by atoms with Gasteiger partial charge in [-0.05, 0) is 56.2 Å². The summed E-state index contributed by atoms with van der Waals surface area (Å²) in [6.45, 7) is 6.54. The van der Waals surface area contributed by atoms with Crippen LogP contribution in [0.5, 0.6) is 0 Å². The first kappa shape index (κ1) is 22.2. The minimum absolute atomic E-state index is 0.136. The number of hydrogen-bond donors (Lipinski definition) is 0. The molecule has 1 amide bonds. The summed E-state index contributed by atoms with van der Waals surface area (Å²) in [5.74, 6) is 1.12. The maximum atomic E-state index is 13.6. The number of amides is 1. The Balaban J connectivity index is 1.56. The first-order valence-electron chi connectivity index (χ1n) is 10.8. The Hall–Kier alpha value is -2.99. The molecule has 0 spiro atoms. The van der Waals surface area contributed by atoms with E-state index in [1.807, 2.05) is 38.1 Å². The van der Waals surface area contributed by atoms with Crippen LogP contribution >= 0.6 is 11.6 Å². The van der Waals surface area contributed by atoms with Gasteiger partial charge in [0.25, 0.3) is 5.91 Å². The van der Waals surface area contributed by atoms with Crippen molar-refractivity contribution in [3.05, 3.63) is 87.6 Å². The van der Waals surface area contributed by atoms with Crippen LogP contribution in [0.25, 0.3) is 0 Å². The molecule has 4 rings (SSSR count). The van der Waals surface area contributed by atoms with E-state index in [1.54, 1.807) is 17.0 Å². The van der Waals surface area contributed by atoms with E-state index in [4.69, 9.17) is 16.6 Å². The second kappa shape index (κ2) is 9.65. The van der Waals surface area contributed by atoms with Crippen LogP contribution in [0.2, 0.25) is 5.02 Å². The summed E-state index contributed by atoms with van der Waals surface area (Å²) in [7, 11) is 0. The van der Waals surface area contributed by atoms with E-state index in [9.17, 15) is 9.18 Å². The van der Waals surface area contributed by atoms with E-state index in [0.717, 1.165) is 41.4 Å². The third-order valence-electron chi connectivity index (χ3n) is 5.75. The molecule has 1 saturated heterocycles. The lowest BCUT2D eigenvalue weighted by atomic mass is 10.0. The molecule has 0 atom stereocenters. The number of carbonyl (C=O) groups is 1. The number of aryl methyl sites for hydroxylation is 2. The number of benzene rings is 2. The van der Waals surface area contributed by atoms with Crippen molar-refractivity contribution in [3.8, 4) is 0 Å². The second-order valence-corrected chi connectivity index (χ2v) is 8.54. The monoisotopic (exact) mass is 452 g/mol. The molecule has 1 aromatic heterocycles. The molecule has 7 heteroatoms. The molecule has 0 radical (unpaired) electrons. The topological polar surface area (TPSA) is 49.3 Å². The lowest BCUT2D eigenvalue weighted by Gasteiger charge is -2.26. The highest BCUT2D eigenvalue weighted by atomic mass is 35.5. The normalized spacial score (nSPS) is 14.4. The zero-order chi connectivity index (χ0) is 22.7. The van der Waals surface area contributed by atoms with Crippen molar-refractivity contribution >= 4 is 23.3 Å². The highest BCUT2D eigenvalue weighted by Gasteiger charge is 2.24. The Morgan fingerprint density at radius 1 is 1.03 bits per heavy atom. The van der Waals surface area contributed by atoms with Crippen molar-refractivity contribution < 1.29 is 9.18 Å². The minimum atomic E-state index is -0.397. The average molecular weight is 453 g/mol. The van der Waals surface area contributed by atoms with Crippen LogP contribution in [0.4, 0.5) is 10.2 Å². The van der Waals surface area contributed by atoms with E-state index in [2.05, 4.69) is 9.88 Å². The van der Waals surface area contributed by atoms with E-state index < -0.39 is 5.82 Å². The predicted octanol–water partition coefficient (Wildman–Crippen LogP) is 4.83. The summed E-state index contributed by atoms with van der Waals surface area (Å²) < 4.78 is 13.6. The molecule has 2 aromatic carbocycles. The molecule has 0 aliphatic carbocycles. The van der Waals surface area contributed by atoms with E-state index in [1.165, 1.54) is 12.1 Å². The van der Waals surface area contributed by atoms with Gasteiger partial charge in [-0.3, -0.25) is 4.79 Å². The number of halogens is 2. The van der Waals surface area contributed by atoms with Gasteiger partial charge >= 0.3 is 0 Å². The summed E-state index contributed by atoms with van der Waals surface area (Å²) in [5, 5.41) is 0.710. The highest BCUT2D eigenvalue weighted by molar-refractivity contribution is 6.30. The van der Waals surface area contributed by atoms with Gasteiger partial charge in [0.1, 0.15) is 17.5 Å². The molecule has 0 bridgehead atoms. The molecular formula is C25H26ClFN4O. The molecule has 166 valence electrons. The lowest BCUT2D eigenvalue weighted by Crippen LogP contribution is -2.35. The summed E-state index contributed by atoms with van der Waals surface area (Å²) >= 11 is 6.04. The Bertz CT molecular complexity index is 1120. The fourth-order valence-corrected chi connectivity index (χ4v) is 4.26. The largest absolute Gasteiger partial charge is 0.354 e. The molecule has 3 aromatic rings. The zero-order valence-electron chi connectivity index (χ0n) is 18.3. The van der Waals surface area contributed by atoms with Crippen LogP contribution in [0, 0.1) is 19.7 Å². The fraction of sp³-hybridized carbons (Fsp3) is 0.320. The number of hydrogen-bond acceptors (Lipinski definition) is 4. The summed E-state index contributed by atoms with van der Waals surface area (Å²) in [6, 6.07) is 13.7. The number of anilines is 1. The third kappa shape index (κ3) is 5.07. The molecule has 2 heterocycles. The van der Waals surface area contributed by atoms with Crippen LogP contribution in [-0.4, -0.2) is 47.0 Å². The lowest BCUT2D eigenvalue weighted by molar-refractivity contribution is 0.0766. The van der Waals surface area contributed by atoms with Crippen molar-refractivity contribution in [1.82, 2.24) is 14.9 Å². The van der Waals surface area contributed by atoms with Gasteiger partial charge < -0.3 is 9.80 Å². The Kier molecular flexibility index (Phi) is 6.70. The third-order valence-corrected chi connectivity index (χ3v) is 6.00. The van der Waals surface area contributed by atoms with E-state index in [-0.39, 0.29) is 5.91 Å². The molecule has 0 unspecified atom stereocenters. The molecule has 1 fully saturated rings. The summed E-state index contributed by atoms with van der Waals surface area (Å²) in [6.07, 6.45) is 1.52. The maximum Gasteiger partial charge on any atom is 0.254 e. The maximum absolute atomic E-state index is 13.6. The molecule has 0 N–H and O–H groups in total. The molecule has 5 nitrogen and oxygen atoms in total. The Morgan fingerprint density at radius 2 is 1.81 bits per heavy atom. The SMILES string of the molecule is Cc1nc(C)c(Cc2ccc(Cl)cc2)c(N2CCCN(C(=O)c3cccc(F)c3)CC2)n1. The zero-order valence-corrected chi connectivity index (χ0v) is 19.1. The van der Waals surface area contributed by atoms with Crippen LogP contribution in [0.15, 0.2) is 48.5 Å². The number of aromatic nitrogens is 2. The minimum Gasteiger partial charge on any atom is -0.354 e. The van der Waals surface area contributed by atoms with E-state index in [0.29, 0.717) is 36.6 Å². The standard InChI is InChI=1S/C25H26ClFN4O/c1-17-23(15-19-7-9-21(26)10-8-19)24(29-18(2)28-17)30-11-4-12-31(14-13-30)25(32)20-5-3-6-22(27)16-20/h3,5-10,16H,4,11-15H2,1-2H3. The molecular weight excluding hydrogens is 427 g/mol. The predicted molar refractivity (Wildman–Crippen MR) is 125 cm³/mol. The van der Waals surface area contributed by atoms with Gasteiger partial charge in [0, 0.05) is 54.4 Å². The smallest absolute Gasteiger partial charge is 0.254 e. The van der Waals surface area contributed by atoms with Gasteiger partial charge in [0.2, 0.25) is 0 Å². The molecule has 0 saturated carbocycles. The van der Waals surface area contributed by atoms with Gasteiger partial charge in [0.05, 0.1) is 0 Å². The first-order valence-corrected chi connectivity index (χ1v) is 11.2. The molecule has 1 aliphatic heterocycles. The molecule has 1 aliphatic rings. The number of carbonyl (C=O) groups excluding carboxylic acids is 1. The van der Waals surface area contributed by atoms with Crippen molar-refractivity contribution in [2.45, 2.75) is 26.7 Å². The van der Waals surface area contributed by atoms with Crippen LogP contribution in [-0.2, 0) is 6.42 Å². The van der Waals surface area contributed by atoms with Crippen molar-refractivity contribution in [3.63, 3.8) is 0 Å². The summed E-state index contributed by atoms with van der Waals surface area (Å²) in [5.41, 5.74) is 3.57. The molecule has 32 heavy (non-hydrogen) atoms. The average Bonchev–Trinajstić information content (AvgIpc) is 3.02. The van der Waals surface area contributed by atoms with Gasteiger partial charge in [0.15, 0.2) is 0 Å². The van der Waals surface area contributed by atoms with Gasteiger partial charge in [-0.1, -0.05) is 29.8 Å².